The van der Waals surface area contributed by atoms with Crippen molar-refractivity contribution in [1.29, 1.82) is 5.26 Å². The van der Waals surface area contributed by atoms with E-state index in [9.17, 15) is 4.39 Å². The quantitative estimate of drug-likeness (QED) is 0.912. The lowest BCUT2D eigenvalue weighted by Crippen LogP contribution is -2.05. The van der Waals surface area contributed by atoms with Gasteiger partial charge in [0.15, 0.2) is 0 Å². The van der Waals surface area contributed by atoms with Crippen molar-refractivity contribution in [2.75, 3.05) is 19.0 Å². The average molecular weight is 285 g/mol. The van der Waals surface area contributed by atoms with E-state index in [1.165, 1.54) is 13.2 Å². The number of rotatable bonds is 5. The first kappa shape index (κ1) is 14.8. The second-order valence-corrected chi connectivity index (χ2v) is 4.45. The van der Waals surface area contributed by atoms with Gasteiger partial charge in [-0.05, 0) is 30.7 Å². The lowest BCUT2D eigenvalue weighted by atomic mass is 10.1. The van der Waals surface area contributed by atoms with Crippen LogP contribution in [0.25, 0.3) is 11.3 Å². The van der Waals surface area contributed by atoms with Crippen molar-refractivity contribution in [3.05, 3.63) is 41.7 Å². The van der Waals surface area contributed by atoms with Crippen molar-refractivity contribution in [3.8, 4) is 23.1 Å². The molecule has 2 aromatic rings. The Morgan fingerprint density at radius 3 is 2.81 bits per heavy atom. The molecule has 5 heteroatoms. The Labute approximate surface area is 123 Å². The van der Waals surface area contributed by atoms with Gasteiger partial charge in [-0.3, -0.25) is 0 Å². The number of hydrogen-bond donors (Lipinski definition) is 1. The van der Waals surface area contributed by atoms with Crippen molar-refractivity contribution in [2.45, 2.75) is 13.3 Å². The Morgan fingerprint density at radius 2 is 2.14 bits per heavy atom. The Hall–Kier alpha value is -2.61. The molecule has 0 fully saturated rings. The Bertz CT molecular complexity index is 680. The normalized spacial score (nSPS) is 10.0. The second kappa shape index (κ2) is 6.71. The number of hydrogen-bond acceptors (Lipinski definition) is 4. The molecule has 0 atom stereocenters. The van der Waals surface area contributed by atoms with E-state index in [0.717, 1.165) is 6.42 Å². The second-order valence-electron chi connectivity index (χ2n) is 4.45. The van der Waals surface area contributed by atoms with E-state index in [0.29, 0.717) is 34.9 Å². The van der Waals surface area contributed by atoms with Gasteiger partial charge >= 0.3 is 0 Å². The highest BCUT2D eigenvalue weighted by Crippen LogP contribution is 2.32. The van der Waals surface area contributed by atoms with Crippen LogP contribution in [-0.4, -0.2) is 18.6 Å². The SMILES string of the molecule is CCCNc1nc(-c2c(F)cccc2OC)ccc1C#N. The molecule has 1 aromatic carbocycles. The van der Waals surface area contributed by atoms with E-state index in [4.69, 9.17) is 10.00 Å². The molecular weight excluding hydrogens is 269 g/mol. The van der Waals surface area contributed by atoms with Crippen LogP contribution in [0.3, 0.4) is 0 Å². The number of nitriles is 1. The van der Waals surface area contributed by atoms with Gasteiger partial charge in [0.2, 0.25) is 0 Å². The summed E-state index contributed by atoms with van der Waals surface area (Å²) in [6, 6.07) is 9.95. The van der Waals surface area contributed by atoms with Crippen molar-refractivity contribution in [1.82, 2.24) is 4.98 Å². The largest absolute Gasteiger partial charge is 0.496 e. The number of methoxy groups -OCH3 is 1. The van der Waals surface area contributed by atoms with Crippen molar-refractivity contribution in [3.63, 3.8) is 0 Å². The van der Waals surface area contributed by atoms with Crippen molar-refractivity contribution in [2.24, 2.45) is 0 Å². The summed E-state index contributed by atoms with van der Waals surface area (Å²) in [6.45, 7) is 2.71. The Morgan fingerprint density at radius 1 is 1.33 bits per heavy atom. The fourth-order valence-electron chi connectivity index (χ4n) is 1.99. The smallest absolute Gasteiger partial charge is 0.144 e. The summed E-state index contributed by atoms with van der Waals surface area (Å²) in [5.41, 5.74) is 1.16. The minimum Gasteiger partial charge on any atom is -0.496 e. The van der Waals surface area contributed by atoms with E-state index >= 15 is 0 Å². The van der Waals surface area contributed by atoms with E-state index < -0.39 is 5.82 Å². The van der Waals surface area contributed by atoms with Gasteiger partial charge in [-0.2, -0.15) is 5.26 Å². The van der Waals surface area contributed by atoms with Gasteiger partial charge in [0.25, 0.3) is 0 Å². The molecule has 1 aromatic heterocycles. The number of nitrogens with one attached hydrogen (secondary N) is 1. The summed E-state index contributed by atoms with van der Waals surface area (Å²) in [5.74, 6) is 0.462. The third-order valence-corrected chi connectivity index (χ3v) is 3.01. The zero-order valence-electron chi connectivity index (χ0n) is 12.0. The van der Waals surface area contributed by atoms with Gasteiger partial charge in [-0.25, -0.2) is 9.37 Å². The van der Waals surface area contributed by atoms with Crippen LogP contribution in [0.5, 0.6) is 5.75 Å². The van der Waals surface area contributed by atoms with Crippen molar-refractivity contribution >= 4 is 5.82 Å². The van der Waals surface area contributed by atoms with Gasteiger partial charge < -0.3 is 10.1 Å². The van der Waals surface area contributed by atoms with Gasteiger partial charge in [0.05, 0.1) is 23.9 Å². The molecular formula is C16H16FN3O. The van der Waals surface area contributed by atoms with Crippen LogP contribution in [0.4, 0.5) is 10.2 Å². The van der Waals surface area contributed by atoms with Crippen molar-refractivity contribution < 1.29 is 9.13 Å². The number of pyridine rings is 1. The van der Waals surface area contributed by atoms with E-state index in [-0.39, 0.29) is 0 Å². The molecule has 0 unspecified atom stereocenters. The standard InChI is InChI=1S/C16H16FN3O/c1-3-9-19-16-11(10-18)7-8-13(20-16)15-12(17)5-4-6-14(15)21-2/h4-8H,3,9H2,1-2H3,(H,19,20). The van der Waals surface area contributed by atoms with Crippen LogP contribution >= 0.6 is 0 Å². The molecule has 4 nitrogen and oxygen atoms in total. The molecule has 108 valence electrons. The highest BCUT2D eigenvalue weighted by atomic mass is 19.1. The van der Waals surface area contributed by atoms with Crippen LogP contribution in [0.1, 0.15) is 18.9 Å². The molecule has 0 radical (unpaired) electrons. The number of nitrogens with zero attached hydrogens (tertiary/aromatic N) is 2. The summed E-state index contributed by atoms with van der Waals surface area (Å²) in [6.07, 6.45) is 0.903. The maximum atomic E-state index is 14.1. The predicted octanol–water partition coefficient (Wildman–Crippen LogP) is 3.59. The summed E-state index contributed by atoms with van der Waals surface area (Å²) in [5, 5.41) is 12.2. The summed E-state index contributed by atoms with van der Waals surface area (Å²) in [4.78, 5) is 4.37. The summed E-state index contributed by atoms with van der Waals surface area (Å²) >= 11 is 0. The van der Waals surface area contributed by atoms with Gasteiger partial charge in [0, 0.05) is 6.54 Å². The molecule has 0 saturated carbocycles. The number of benzene rings is 1. The molecule has 0 bridgehead atoms. The molecule has 0 aliphatic heterocycles. The zero-order valence-corrected chi connectivity index (χ0v) is 12.0. The first-order valence-electron chi connectivity index (χ1n) is 6.69. The highest BCUT2D eigenvalue weighted by Gasteiger charge is 2.15. The third kappa shape index (κ3) is 3.11. The Kier molecular flexibility index (Phi) is 4.72. The molecule has 0 aliphatic rings. The molecule has 21 heavy (non-hydrogen) atoms. The zero-order chi connectivity index (χ0) is 15.2. The number of aromatic nitrogens is 1. The summed E-state index contributed by atoms with van der Waals surface area (Å²) < 4.78 is 19.3. The third-order valence-electron chi connectivity index (χ3n) is 3.01. The number of ether oxygens (including phenoxy) is 1. The molecule has 2 rings (SSSR count). The fourth-order valence-corrected chi connectivity index (χ4v) is 1.99. The van der Waals surface area contributed by atoms with Crippen LogP contribution in [0, 0.1) is 17.1 Å². The highest BCUT2D eigenvalue weighted by molar-refractivity contribution is 5.70. The number of anilines is 1. The lowest BCUT2D eigenvalue weighted by molar-refractivity contribution is 0.413. The number of halogens is 1. The maximum Gasteiger partial charge on any atom is 0.144 e. The monoisotopic (exact) mass is 285 g/mol. The van der Waals surface area contributed by atoms with Crippen LogP contribution in [-0.2, 0) is 0 Å². The van der Waals surface area contributed by atoms with Crippen LogP contribution in [0.15, 0.2) is 30.3 Å². The molecule has 1 N–H and O–H groups in total. The molecule has 0 saturated heterocycles. The van der Waals surface area contributed by atoms with E-state index in [2.05, 4.69) is 16.4 Å². The lowest BCUT2D eigenvalue weighted by Gasteiger charge is -2.12. The average Bonchev–Trinajstić information content (AvgIpc) is 2.52. The topological polar surface area (TPSA) is 57.9 Å². The first-order valence-corrected chi connectivity index (χ1v) is 6.69. The molecule has 0 amide bonds. The predicted molar refractivity (Wildman–Crippen MR) is 79.7 cm³/mol. The van der Waals surface area contributed by atoms with E-state index in [1.807, 2.05) is 6.92 Å². The van der Waals surface area contributed by atoms with Gasteiger partial charge in [-0.15, -0.1) is 0 Å². The fraction of sp³-hybridized carbons (Fsp3) is 0.250. The molecule has 0 aliphatic carbocycles. The van der Waals surface area contributed by atoms with Gasteiger partial charge in [-0.1, -0.05) is 13.0 Å². The Balaban J connectivity index is 2.53. The van der Waals surface area contributed by atoms with Crippen LogP contribution in [0.2, 0.25) is 0 Å². The summed E-state index contributed by atoms with van der Waals surface area (Å²) in [7, 11) is 1.48. The van der Waals surface area contributed by atoms with Gasteiger partial charge in [0.1, 0.15) is 23.5 Å². The van der Waals surface area contributed by atoms with Crippen LogP contribution < -0.4 is 10.1 Å². The minimum absolute atomic E-state index is 0.295. The molecule has 1 heterocycles. The van der Waals surface area contributed by atoms with E-state index in [1.54, 1.807) is 24.3 Å². The first-order chi connectivity index (χ1) is 10.2. The maximum absolute atomic E-state index is 14.1. The molecule has 0 spiro atoms. The minimum atomic E-state index is -0.409.